The van der Waals surface area contributed by atoms with E-state index in [1.807, 2.05) is 6.08 Å². The molecule has 1 aromatic carbocycles. The minimum atomic E-state index is -4.33. The first-order valence-corrected chi connectivity index (χ1v) is 9.98. The van der Waals surface area contributed by atoms with E-state index in [-0.39, 0.29) is 12.2 Å². The Balaban J connectivity index is 1.44. The standard InChI is InChI=1S/C23H27F3O2/c1-2-3-4-17-5-10-19(11-6-17)22-16-27-21(15-28-22)14-9-18-7-12-20(13-8-18)23(24,25)26/h2,7-8,12-13,17,19,21-22H,1,3-6,10-11,15-16H2/t17-,19-,21-,22-/m0/s1. The van der Waals surface area contributed by atoms with Gasteiger partial charge >= 0.3 is 6.18 Å². The third-order valence-corrected chi connectivity index (χ3v) is 5.71. The summed E-state index contributed by atoms with van der Waals surface area (Å²) in [6.45, 7) is 4.74. The fourth-order valence-corrected chi connectivity index (χ4v) is 3.98. The van der Waals surface area contributed by atoms with Gasteiger partial charge in [-0.15, -0.1) is 6.58 Å². The molecular formula is C23H27F3O2. The van der Waals surface area contributed by atoms with Crippen molar-refractivity contribution < 1.29 is 22.6 Å². The van der Waals surface area contributed by atoms with Gasteiger partial charge in [-0.3, -0.25) is 0 Å². The molecule has 1 saturated heterocycles. The van der Waals surface area contributed by atoms with Crippen molar-refractivity contribution in [2.75, 3.05) is 13.2 Å². The number of halogens is 3. The van der Waals surface area contributed by atoms with Gasteiger partial charge in [0.2, 0.25) is 0 Å². The molecule has 2 aliphatic rings. The molecule has 1 aromatic rings. The summed E-state index contributed by atoms with van der Waals surface area (Å²) in [4.78, 5) is 0. The largest absolute Gasteiger partial charge is 0.416 e. The number of allylic oxidation sites excluding steroid dienone is 1. The molecule has 0 bridgehead atoms. The lowest BCUT2D eigenvalue weighted by atomic mass is 9.77. The van der Waals surface area contributed by atoms with Crippen LogP contribution in [0, 0.1) is 23.7 Å². The van der Waals surface area contributed by atoms with Gasteiger partial charge in [0, 0.05) is 5.56 Å². The second-order valence-electron chi connectivity index (χ2n) is 7.69. The lowest BCUT2D eigenvalue weighted by Crippen LogP contribution is -2.40. The van der Waals surface area contributed by atoms with Crippen molar-refractivity contribution in [2.24, 2.45) is 11.8 Å². The van der Waals surface area contributed by atoms with Gasteiger partial charge in [0.1, 0.15) is 6.10 Å². The van der Waals surface area contributed by atoms with Crippen molar-refractivity contribution in [1.29, 1.82) is 0 Å². The predicted molar refractivity (Wildman–Crippen MR) is 103 cm³/mol. The molecule has 0 radical (unpaired) electrons. The van der Waals surface area contributed by atoms with E-state index in [1.165, 1.54) is 44.2 Å². The number of hydrogen-bond donors (Lipinski definition) is 0. The highest BCUT2D eigenvalue weighted by Gasteiger charge is 2.32. The normalized spacial score (nSPS) is 28.2. The summed E-state index contributed by atoms with van der Waals surface area (Å²) in [6.07, 6.45) is 4.65. The van der Waals surface area contributed by atoms with E-state index < -0.39 is 11.7 Å². The molecule has 0 unspecified atom stereocenters. The first-order valence-electron chi connectivity index (χ1n) is 9.98. The molecule has 1 aliphatic carbocycles. The average molecular weight is 392 g/mol. The van der Waals surface area contributed by atoms with E-state index in [0.717, 1.165) is 24.5 Å². The summed E-state index contributed by atoms with van der Waals surface area (Å²) >= 11 is 0. The highest BCUT2D eigenvalue weighted by atomic mass is 19.4. The first kappa shape index (κ1) is 21.0. The van der Waals surface area contributed by atoms with Crippen LogP contribution in [0.25, 0.3) is 0 Å². The number of alkyl halides is 3. The Morgan fingerprint density at radius 2 is 1.75 bits per heavy atom. The lowest BCUT2D eigenvalue weighted by Gasteiger charge is -2.36. The van der Waals surface area contributed by atoms with Crippen molar-refractivity contribution in [2.45, 2.75) is 56.9 Å². The smallest absolute Gasteiger partial charge is 0.372 e. The quantitative estimate of drug-likeness (QED) is 0.490. The molecular weight excluding hydrogens is 365 g/mol. The Bertz CT molecular complexity index is 683. The van der Waals surface area contributed by atoms with E-state index in [9.17, 15) is 13.2 Å². The van der Waals surface area contributed by atoms with Crippen LogP contribution in [0.4, 0.5) is 13.2 Å². The zero-order valence-corrected chi connectivity index (χ0v) is 16.0. The third kappa shape index (κ3) is 5.86. The minimum absolute atomic E-state index is 0.129. The van der Waals surface area contributed by atoms with Crippen molar-refractivity contribution in [3.63, 3.8) is 0 Å². The molecule has 2 atom stereocenters. The van der Waals surface area contributed by atoms with E-state index >= 15 is 0 Å². The van der Waals surface area contributed by atoms with Crippen molar-refractivity contribution in [1.82, 2.24) is 0 Å². The zero-order chi connectivity index (χ0) is 20.0. The average Bonchev–Trinajstić information content (AvgIpc) is 2.71. The van der Waals surface area contributed by atoms with E-state index in [0.29, 0.717) is 24.7 Å². The monoisotopic (exact) mass is 392 g/mol. The van der Waals surface area contributed by atoms with Crippen LogP contribution >= 0.6 is 0 Å². The van der Waals surface area contributed by atoms with E-state index in [2.05, 4.69) is 18.4 Å². The summed E-state index contributed by atoms with van der Waals surface area (Å²) in [5, 5.41) is 0. The Morgan fingerprint density at radius 1 is 1.04 bits per heavy atom. The SMILES string of the molecule is C=CCC[C@H]1CC[C@H]([C@@H]2CO[C@@H](C#Cc3ccc(C(F)(F)F)cc3)CO2)CC1. The lowest BCUT2D eigenvalue weighted by molar-refractivity contribution is -0.138. The second kappa shape index (κ2) is 9.62. The minimum Gasteiger partial charge on any atom is -0.372 e. The van der Waals surface area contributed by atoms with Crippen LogP contribution < -0.4 is 0 Å². The van der Waals surface area contributed by atoms with Crippen LogP contribution in [0.5, 0.6) is 0 Å². The Morgan fingerprint density at radius 3 is 2.32 bits per heavy atom. The van der Waals surface area contributed by atoms with Gasteiger partial charge < -0.3 is 9.47 Å². The Hall–Kier alpha value is -1.77. The van der Waals surface area contributed by atoms with Crippen LogP contribution in [0.3, 0.4) is 0 Å². The molecule has 152 valence electrons. The van der Waals surface area contributed by atoms with Gasteiger partial charge in [-0.1, -0.05) is 30.8 Å². The van der Waals surface area contributed by atoms with Gasteiger partial charge in [-0.05, 0) is 61.8 Å². The summed E-state index contributed by atoms with van der Waals surface area (Å²) in [5.74, 6) is 7.20. The summed E-state index contributed by atoms with van der Waals surface area (Å²) in [7, 11) is 0. The molecule has 0 amide bonds. The molecule has 2 fully saturated rings. The van der Waals surface area contributed by atoms with Crippen molar-refractivity contribution in [3.05, 3.63) is 48.0 Å². The number of benzene rings is 1. The molecule has 1 heterocycles. The molecule has 5 heteroatoms. The predicted octanol–water partition coefficient (Wildman–Crippen LogP) is 5.61. The fraction of sp³-hybridized carbons (Fsp3) is 0.565. The van der Waals surface area contributed by atoms with Gasteiger partial charge in [-0.25, -0.2) is 0 Å². The zero-order valence-electron chi connectivity index (χ0n) is 16.0. The summed E-state index contributed by atoms with van der Waals surface area (Å²) in [5.41, 5.74) is -0.131. The molecule has 1 saturated carbocycles. The fourth-order valence-electron chi connectivity index (χ4n) is 3.98. The maximum atomic E-state index is 12.6. The number of hydrogen-bond acceptors (Lipinski definition) is 2. The van der Waals surface area contributed by atoms with Crippen LogP contribution in [-0.4, -0.2) is 25.4 Å². The van der Waals surface area contributed by atoms with Gasteiger partial charge in [-0.2, -0.15) is 13.2 Å². The van der Waals surface area contributed by atoms with Crippen LogP contribution in [-0.2, 0) is 15.7 Å². The van der Waals surface area contributed by atoms with E-state index in [1.54, 1.807) is 0 Å². The van der Waals surface area contributed by atoms with Gasteiger partial charge in [0.05, 0.1) is 24.9 Å². The van der Waals surface area contributed by atoms with Gasteiger partial charge in [0.25, 0.3) is 0 Å². The maximum absolute atomic E-state index is 12.6. The molecule has 2 nitrogen and oxygen atoms in total. The Labute approximate surface area is 165 Å². The highest BCUT2D eigenvalue weighted by Crippen LogP contribution is 2.35. The molecule has 1 aliphatic heterocycles. The third-order valence-electron chi connectivity index (χ3n) is 5.71. The number of rotatable bonds is 4. The van der Waals surface area contributed by atoms with Gasteiger partial charge in [0.15, 0.2) is 0 Å². The Kier molecular flexibility index (Phi) is 7.20. The molecule has 3 rings (SSSR count). The highest BCUT2D eigenvalue weighted by molar-refractivity contribution is 5.37. The second-order valence-corrected chi connectivity index (χ2v) is 7.69. The maximum Gasteiger partial charge on any atom is 0.416 e. The summed E-state index contributed by atoms with van der Waals surface area (Å²) < 4.78 is 49.6. The molecule has 0 N–H and O–H groups in total. The van der Waals surface area contributed by atoms with Crippen LogP contribution in [0.2, 0.25) is 0 Å². The summed E-state index contributed by atoms with van der Waals surface area (Å²) in [6, 6.07) is 4.85. The first-order chi connectivity index (χ1) is 13.5. The molecule has 28 heavy (non-hydrogen) atoms. The van der Waals surface area contributed by atoms with Crippen LogP contribution in [0.1, 0.15) is 49.7 Å². The van der Waals surface area contributed by atoms with Crippen molar-refractivity contribution >= 4 is 0 Å². The number of ether oxygens (including phenoxy) is 2. The molecule has 0 aromatic heterocycles. The van der Waals surface area contributed by atoms with Crippen molar-refractivity contribution in [3.8, 4) is 11.8 Å². The molecule has 0 spiro atoms. The van der Waals surface area contributed by atoms with E-state index in [4.69, 9.17) is 9.47 Å². The van der Waals surface area contributed by atoms with Crippen LogP contribution in [0.15, 0.2) is 36.9 Å². The topological polar surface area (TPSA) is 18.5 Å².